The number of methoxy groups -OCH3 is 1. The van der Waals surface area contributed by atoms with Crippen molar-refractivity contribution in [1.29, 1.82) is 0 Å². The van der Waals surface area contributed by atoms with Crippen LogP contribution >= 0.6 is 11.6 Å². The summed E-state index contributed by atoms with van der Waals surface area (Å²) in [5.41, 5.74) is 2.91. The molecule has 7 nitrogen and oxygen atoms in total. The van der Waals surface area contributed by atoms with E-state index in [9.17, 15) is 9.59 Å². The lowest BCUT2D eigenvalue weighted by molar-refractivity contribution is 0.0432. The quantitative estimate of drug-likeness (QED) is 0.617. The molecule has 140 valence electrons. The van der Waals surface area contributed by atoms with Crippen LogP contribution in [0.2, 0.25) is 5.02 Å². The minimum atomic E-state index is -0.553. The number of carbonyl (C=O) groups is 2. The van der Waals surface area contributed by atoms with Crippen LogP contribution in [0.4, 0.5) is 0 Å². The molecule has 0 bridgehead atoms. The highest BCUT2D eigenvalue weighted by Gasteiger charge is 2.17. The topological polar surface area (TPSA) is 83.6 Å². The van der Waals surface area contributed by atoms with Gasteiger partial charge in [0.15, 0.2) is 12.4 Å². The van der Waals surface area contributed by atoms with Crippen LogP contribution in [-0.2, 0) is 16.1 Å². The van der Waals surface area contributed by atoms with Crippen molar-refractivity contribution in [3.8, 4) is 5.69 Å². The van der Waals surface area contributed by atoms with E-state index in [4.69, 9.17) is 20.8 Å². The number of benzene rings is 1. The molecule has 2 heterocycles. The highest BCUT2D eigenvalue weighted by atomic mass is 35.5. The predicted octanol–water partition coefficient (Wildman–Crippen LogP) is 3.88. The highest BCUT2D eigenvalue weighted by molar-refractivity contribution is 6.31. The molecule has 0 N–H and O–H groups in total. The second-order valence-electron chi connectivity index (χ2n) is 5.77. The molecule has 0 unspecified atom stereocenters. The van der Waals surface area contributed by atoms with Gasteiger partial charge in [0, 0.05) is 0 Å². The molecule has 0 aliphatic rings. The van der Waals surface area contributed by atoms with Crippen molar-refractivity contribution >= 4 is 23.5 Å². The Morgan fingerprint density at radius 3 is 2.44 bits per heavy atom. The van der Waals surface area contributed by atoms with Crippen molar-refractivity contribution in [3.63, 3.8) is 0 Å². The molecular formula is C19H17ClN2O5. The molecule has 3 rings (SSSR count). The Hall–Kier alpha value is -3.06. The monoisotopic (exact) mass is 388 g/mol. The maximum atomic E-state index is 12.2. The van der Waals surface area contributed by atoms with Crippen LogP contribution in [0.1, 0.15) is 37.9 Å². The van der Waals surface area contributed by atoms with Crippen LogP contribution in [0.25, 0.3) is 5.69 Å². The van der Waals surface area contributed by atoms with Crippen LogP contribution in [0.15, 0.2) is 41.0 Å². The number of ether oxygens (including phenoxy) is 2. The van der Waals surface area contributed by atoms with Gasteiger partial charge in [-0.05, 0) is 44.2 Å². The second kappa shape index (κ2) is 7.67. The Morgan fingerprint density at radius 2 is 1.85 bits per heavy atom. The van der Waals surface area contributed by atoms with Gasteiger partial charge in [-0.1, -0.05) is 11.6 Å². The van der Waals surface area contributed by atoms with Crippen molar-refractivity contribution in [1.82, 2.24) is 9.78 Å². The molecule has 8 heteroatoms. The van der Waals surface area contributed by atoms with Crippen LogP contribution in [0, 0.1) is 13.8 Å². The minimum Gasteiger partial charge on any atom is -0.465 e. The van der Waals surface area contributed by atoms with Crippen LogP contribution in [-0.4, -0.2) is 28.8 Å². The fourth-order valence-corrected chi connectivity index (χ4v) is 2.69. The van der Waals surface area contributed by atoms with Gasteiger partial charge in [-0.25, -0.2) is 14.3 Å². The average molecular weight is 389 g/mol. The third-order valence-corrected chi connectivity index (χ3v) is 4.58. The third kappa shape index (κ3) is 3.73. The molecule has 2 aromatic heterocycles. The van der Waals surface area contributed by atoms with E-state index < -0.39 is 11.9 Å². The second-order valence-corrected chi connectivity index (χ2v) is 6.15. The maximum Gasteiger partial charge on any atom is 0.341 e. The predicted molar refractivity (Wildman–Crippen MR) is 97.2 cm³/mol. The van der Waals surface area contributed by atoms with Crippen LogP contribution in [0.5, 0.6) is 0 Å². The number of aromatic nitrogens is 2. The fraction of sp³-hybridized carbons (Fsp3) is 0.211. The number of nitrogens with zero attached hydrogens (tertiary/aromatic N) is 2. The average Bonchev–Trinajstić information content (AvgIpc) is 3.26. The van der Waals surface area contributed by atoms with E-state index in [1.807, 2.05) is 13.8 Å². The summed E-state index contributed by atoms with van der Waals surface area (Å²) < 4.78 is 16.7. The number of carbonyl (C=O) groups excluding carboxylic acids is 2. The standard InChI is InChI=1S/C19H17ClN2O5/c1-11-17(20)12(2)22(21-11)14-6-4-13(5-7-14)18(23)27-10-16-15(8-9-26-16)19(24)25-3/h4-9H,10H2,1-3H3. The molecule has 0 atom stereocenters. The van der Waals surface area contributed by atoms with Gasteiger partial charge in [0.25, 0.3) is 0 Å². The van der Waals surface area contributed by atoms with Crippen molar-refractivity contribution in [3.05, 3.63) is 69.9 Å². The van der Waals surface area contributed by atoms with E-state index in [-0.39, 0.29) is 17.9 Å². The molecule has 1 aromatic carbocycles. The Bertz CT molecular complexity index is 988. The number of hydrogen-bond donors (Lipinski definition) is 0. The smallest absolute Gasteiger partial charge is 0.341 e. The lowest BCUT2D eigenvalue weighted by atomic mass is 10.2. The molecule has 0 aliphatic carbocycles. The lowest BCUT2D eigenvalue weighted by Crippen LogP contribution is -2.09. The van der Waals surface area contributed by atoms with Gasteiger partial charge in [-0.3, -0.25) is 0 Å². The van der Waals surface area contributed by atoms with Gasteiger partial charge in [-0.15, -0.1) is 0 Å². The molecule has 0 saturated carbocycles. The normalized spacial score (nSPS) is 10.7. The van der Waals surface area contributed by atoms with Gasteiger partial charge in [0.1, 0.15) is 5.56 Å². The Labute approximate surface area is 160 Å². The zero-order valence-corrected chi connectivity index (χ0v) is 15.7. The number of hydrogen-bond acceptors (Lipinski definition) is 6. The first-order valence-electron chi connectivity index (χ1n) is 8.06. The SMILES string of the molecule is COC(=O)c1ccoc1COC(=O)c1ccc(-n2nc(C)c(Cl)c2C)cc1. The fourth-order valence-electron chi connectivity index (χ4n) is 2.57. The Morgan fingerprint density at radius 1 is 1.15 bits per heavy atom. The van der Waals surface area contributed by atoms with E-state index in [0.717, 1.165) is 17.1 Å². The summed E-state index contributed by atoms with van der Waals surface area (Å²) in [6.07, 6.45) is 1.34. The molecular weight excluding hydrogens is 372 g/mol. The summed E-state index contributed by atoms with van der Waals surface area (Å²) in [4.78, 5) is 23.8. The summed E-state index contributed by atoms with van der Waals surface area (Å²) >= 11 is 6.17. The molecule has 0 aliphatic heterocycles. The first-order chi connectivity index (χ1) is 12.9. The first-order valence-corrected chi connectivity index (χ1v) is 8.44. The Kier molecular flexibility index (Phi) is 5.32. The van der Waals surface area contributed by atoms with Crippen LogP contribution in [0.3, 0.4) is 0 Å². The van der Waals surface area contributed by atoms with Crippen molar-refractivity contribution in [2.75, 3.05) is 7.11 Å². The number of rotatable bonds is 5. The number of esters is 2. The summed E-state index contributed by atoms with van der Waals surface area (Å²) in [7, 11) is 1.27. The van der Waals surface area contributed by atoms with Gasteiger partial charge >= 0.3 is 11.9 Å². The van der Waals surface area contributed by atoms with Crippen molar-refractivity contribution in [2.45, 2.75) is 20.5 Å². The highest BCUT2D eigenvalue weighted by Crippen LogP contribution is 2.22. The van der Waals surface area contributed by atoms with Crippen molar-refractivity contribution < 1.29 is 23.5 Å². The summed E-state index contributed by atoms with van der Waals surface area (Å²) in [5.74, 6) is -0.869. The van der Waals surface area contributed by atoms with Crippen molar-refractivity contribution in [2.24, 2.45) is 0 Å². The largest absolute Gasteiger partial charge is 0.465 e. The zero-order valence-electron chi connectivity index (χ0n) is 15.0. The maximum absolute atomic E-state index is 12.2. The van der Waals surface area contributed by atoms with E-state index >= 15 is 0 Å². The lowest BCUT2D eigenvalue weighted by Gasteiger charge is -2.07. The number of aryl methyl sites for hydroxylation is 1. The Balaban J connectivity index is 1.70. The van der Waals surface area contributed by atoms with Gasteiger partial charge < -0.3 is 13.9 Å². The van der Waals surface area contributed by atoms with Gasteiger partial charge in [0.2, 0.25) is 0 Å². The molecule has 0 radical (unpaired) electrons. The van der Waals surface area contributed by atoms with Crippen LogP contribution < -0.4 is 0 Å². The number of furan rings is 1. The third-order valence-electron chi connectivity index (χ3n) is 4.04. The molecule has 0 amide bonds. The van der Waals surface area contributed by atoms with Gasteiger partial charge in [0.05, 0.1) is 41.0 Å². The van der Waals surface area contributed by atoms with E-state index in [1.54, 1.807) is 28.9 Å². The summed E-state index contributed by atoms with van der Waals surface area (Å²) in [6.45, 7) is 3.52. The first kappa shape index (κ1) is 18.7. The molecule has 3 aromatic rings. The molecule has 0 fully saturated rings. The van der Waals surface area contributed by atoms with E-state index in [1.165, 1.54) is 19.4 Å². The summed E-state index contributed by atoms with van der Waals surface area (Å²) in [5, 5.41) is 4.98. The molecule has 27 heavy (non-hydrogen) atoms. The molecule has 0 spiro atoms. The van der Waals surface area contributed by atoms with Gasteiger partial charge in [-0.2, -0.15) is 5.10 Å². The minimum absolute atomic E-state index is 0.176. The zero-order chi connectivity index (χ0) is 19.6. The molecule has 0 saturated heterocycles. The van der Waals surface area contributed by atoms with E-state index in [0.29, 0.717) is 10.6 Å². The van der Waals surface area contributed by atoms with E-state index in [2.05, 4.69) is 9.84 Å². The summed E-state index contributed by atoms with van der Waals surface area (Å²) in [6, 6.07) is 8.22. The number of halogens is 1.